The molecule has 0 aromatic heterocycles. The molecule has 2 rings (SSSR count). The van der Waals surface area contributed by atoms with Gasteiger partial charge in [-0.3, -0.25) is 4.79 Å². The Morgan fingerprint density at radius 3 is 2.75 bits per heavy atom. The van der Waals surface area contributed by atoms with E-state index < -0.39 is 24.7 Å². The van der Waals surface area contributed by atoms with Gasteiger partial charge in [0.2, 0.25) is 0 Å². The maximum Gasteiger partial charge on any atom is 0.416 e. The number of halogens is 3. The van der Waals surface area contributed by atoms with Gasteiger partial charge in [-0.1, -0.05) is 6.07 Å². The first kappa shape index (κ1) is 14.6. The number of hydrogen-bond donors (Lipinski definition) is 1. The zero-order valence-electron chi connectivity index (χ0n) is 10.8. The van der Waals surface area contributed by atoms with E-state index in [-0.39, 0.29) is 24.5 Å². The molecule has 1 aliphatic heterocycles. The lowest BCUT2D eigenvalue weighted by molar-refractivity contribution is -0.233. The Hall–Kier alpha value is -1.76. The van der Waals surface area contributed by atoms with Crippen molar-refractivity contribution >= 4 is 5.91 Å². The molecule has 1 aromatic carbocycles. The molecule has 1 saturated heterocycles. The third-order valence-electron chi connectivity index (χ3n) is 3.10. The minimum atomic E-state index is -4.51. The normalized spacial score (nSPS) is 20.0. The number of nitrogens with zero attached hydrogens (tertiary/aromatic N) is 1. The van der Waals surface area contributed by atoms with E-state index in [9.17, 15) is 23.1 Å². The summed E-state index contributed by atoms with van der Waals surface area (Å²) in [7, 11) is 0. The number of phenols is 1. The second-order valence-electron chi connectivity index (χ2n) is 4.67. The molecule has 0 bridgehead atoms. The number of amides is 1. The zero-order valence-corrected chi connectivity index (χ0v) is 10.8. The lowest BCUT2D eigenvalue weighted by Crippen LogP contribution is -2.51. The second-order valence-corrected chi connectivity index (χ2v) is 4.67. The molecule has 0 spiro atoms. The first-order valence-electron chi connectivity index (χ1n) is 6.06. The van der Waals surface area contributed by atoms with Crippen molar-refractivity contribution in [3.8, 4) is 5.75 Å². The summed E-state index contributed by atoms with van der Waals surface area (Å²) in [5, 5.41) is 9.72. The van der Waals surface area contributed by atoms with Crippen molar-refractivity contribution in [2.24, 2.45) is 0 Å². The van der Waals surface area contributed by atoms with E-state index in [1.54, 1.807) is 13.0 Å². The van der Waals surface area contributed by atoms with Gasteiger partial charge in [-0.2, -0.15) is 13.2 Å². The van der Waals surface area contributed by atoms with Gasteiger partial charge in [-0.05, 0) is 24.6 Å². The Kier molecular flexibility index (Phi) is 3.89. The largest absolute Gasteiger partial charge is 0.507 e. The van der Waals surface area contributed by atoms with E-state index in [1.165, 1.54) is 12.1 Å². The van der Waals surface area contributed by atoms with E-state index in [0.717, 1.165) is 10.5 Å². The van der Waals surface area contributed by atoms with Crippen LogP contribution >= 0.6 is 0 Å². The number of aromatic hydroxyl groups is 1. The van der Waals surface area contributed by atoms with Gasteiger partial charge in [0.05, 0.1) is 18.7 Å². The van der Waals surface area contributed by atoms with Gasteiger partial charge in [0.15, 0.2) is 6.10 Å². The second kappa shape index (κ2) is 5.32. The van der Waals surface area contributed by atoms with Crippen LogP contribution in [0.25, 0.3) is 0 Å². The molecular weight excluding hydrogens is 275 g/mol. The standard InChI is InChI=1S/C13H14F3NO3/c1-8-2-3-9(10(18)6-8)12(19)17-4-5-20-11(7-17)13(14,15)16/h2-3,6,11,18H,4-5,7H2,1H3/t11-/m0/s1. The molecule has 1 aliphatic rings. The zero-order chi connectivity index (χ0) is 14.9. The molecule has 0 unspecified atom stereocenters. The highest BCUT2D eigenvalue weighted by Gasteiger charge is 2.44. The molecule has 4 nitrogen and oxygen atoms in total. The van der Waals surface area contributed by atoms with E-state index in [2.05, 4.69) is 4.74 Å². The van der Waals surface area contributed by atoms with Crippen LogP contribution in [0, 0.1) is 6.92 Å². The maximum atomic E-state index is 12.6. The summed E-state index contributed by atoms with van der Waals surface area (Å²) in [4.78, 5) is 13.2. The van der Waals surface area contributed by atoms with Crippen molar-refractivity contribution in [1.82, 2.24) is 4.90 Å². The number of alkyl halides is 3. The Morgan fingerprint density at radius 1 is 1.45 bits per heavy atom. The Balaban J connectivity index is 2.16. The fourth-order valence-corrected chi connectivity index (χ4v) is 2.02. The highest BCUT2D eigenvalue weighted by Crippen LogP contribution is 2.27. The highest BCUT2D eigenvalue weighted by atomic mass is 19.4. The maximum absolute atomic E-state index is 12.6. The van der Waals surface area contributed by atoms with Gasteiger partial charge in [-0.15, -0.1) is 0 Å². The van der Waals surface area contributed by atoms with Gasteiger partial charge >= 0.3 is 6.18 Å². The smallest absolute Gasteiger partial charge is 0.416 e. The molecular formula is C13H14F3NO3. The molecule has 1 N–H and O–H groups in total. The van der Waals surface area contributed by atoms with E-state index in [1.807, 2.05) is 0 Å². The number of hydrogen-bond acceptors (Lipinski definition) is 3. The third-order valence-corrected chi connectivity index (χ3v) is 3.10. The quantitative estimate of drug-likeness (QED) is 0.861. The summed E-state index contributed by atoms with van der Waals surface area (Å²) in [5.41, 5.74) is 0.757. The first-order valence-corrected chi connectivity index (χ1v) is 6.06. The number of rotatable bonds is 1. The number of ether oxygens (including phenoxy) is 1. The summed E-state index contributed by atoms with van der Waals surface area (Å²) in [6.45, 7) is 1.07. The van der Waals surface area contributed by atoms with Gasteiger partial charge in [0, 0.05) is 6.54 Å². The average Bonchev–Trinajstić information content (AvgIpc) is 2.37. The van der Waals surface area contributed by atoms with Crippen LogP contribution in [-0.4, -0.2) is 47.9 Å². The Bertz CT molecular complexity index is 516. The molecule has 1 heterocycles. The van der Waals surface area contributed by atoms with Gasteiger partial charge < -0.3 is 14.7 Å². The van der Waals surface area contributed by atoms with Crippen molar-refractivity contribution in [1.29, 1.82) is 0 Å². The van der Waals surface area contributed by atoms with Crippen molar-refractivity contribution < 1.29 is 27.8 Å². The summed E-state index contributed by atoms with van der Waals surface area (Å²) in [5.74, 6) is -0.856. The predicted octanol–water partition coefficient (Wildman–Crippen LogP) is 2.10. The third kappa shape index (κ3) is 3.04. The van der Waals surface area contributed by atoms with Crippen LogP contribution in [0.1, 0.15) is 15.9 Å². The lowest BCUT2D eigenvalue weighted by Gasteiger charge is -2.33. The monoisotopic (exact) mass is 289 g/mol. The molecule has 1 aromatic rings. The van der Waals surface area contributed by atoms with Crippen LogP contribution in [0.15, 0.2) is 18.2 Å². The van der Waals surface area contributed by atoms with Crippen LogP contribution in [0.4, 0.5) is 13.2 Å². The van der Waals surface area contributed by atoms with Crippen LogP contribution in [0.2, 0.25) is 0 Å². The van der Waals surface area contributed by atoms with Crippen molar-refractivity contribution in [3.63, 3.8) is 0 Å². The number of phenolic OH excluding ortho intramolecular Hbond substituents is 1. The van der Waals surface area contributed by atoms with E-state index in [0.29, 0.717) is 0 Å². The highest BCUT2D eigenvalue weighted by molar-refractivity contribution is 5.97. The number of carbonyl (C=O) groups is 1. The number of morpholine rings is 1. The summed E-state index contributed by atoms with van der Waals surface area (Å²) in [6.07, 6.45) is -6.48. The van der Waals surface area contributed by atoms with Crippen molar-refractivity contribution in [2.45, 2.75) is 19.2 Å². The van der Waals surface area contributed by atoms with Gasteiger partial charge in [0.1, 0.15) is 5.75 Å². The topological polar surface area (TPSA) is 49.8 Å². The van der Waals surface area contributed by atoms with Gasteiger partial charge in [-0.25, -0.2) is 0 Å². The molecule has 0 saturated carbocycles. The summed E-state index contributed by atoms with van der Waals surface area (Å²) < 4.78 is 42.4. The number of aryl methyl sites for hydroxylation is 1. The Morgan fingerprint density at radius 2 is 2.15 bits per heavy atom. The fourth-order valence-electron chi connectivity index (χ4n) is 2.02. The van der Waals surface area contributed by atoms with E-state index in [4.69, 9.17) is 0 Å². The molecule has 110 valence electrons. The summed E-state index contributed by atoms with van der Waals surface area (Å²) >= 11 is 0. The number of carbonyl (C=O) groups excluding carboxylic acids is 1. The molecule has 20 heavy (non-hydrogen) atoms. The number of benzene rings is 1. The molecule has 7 heteroatoms. The minimum Gasteiger partial charge on any atom is -0.507 e. The van der Waals surface area contributed by atoms with E-state index >= 15 is 0 Å². The van der Waals surface area contributed by atoms with Crippen LogP contribution in [-0.2, 0) is 4.74 Å². The predicted molar refractivity (Wildman–Crippen MR) is 64.5 cm³/mol. The van der Waals surface area contributed by atoms with Gasteiger partial charge in [0.25, 0.3) is 5.91 Å². The SMILES string of the molecule is Cc1ccc(C(=O)N2CCO[C@H](C(F)(F)F)C2)c(O)c1. The first-order chi connectivity index (χ1) is 9.29. The fraction of sp³-hybridized carbons (Fsp3) is 0.462. The lowest BCUT2D eigenvalue weighted by atomic mass is 10.1. The molecule has 0 radical (unpaired) electrons. The minimum absolute atomic E-state index is 0.00146. The molecule has 1 amide bonds. The van der Waals surface area contributed by atoms with Crippen LogP contribution < -0.4 is 0 Å². The molecule has 1 atom stereocenters. The van der Waals surface area contributed by atoms with Crippen molar-refractivity contribution in [3.05, 3.63) is 29.3 Å². The average molecular weight is 289 g/mol. The van der Waals surface area contributed by atoms with Crippen LogP contribution in [0.3, 0.4) is 0 Å². The molecule has 1 fully saturated rings. The van der Waals surface area contributed by atoms with Crippen LogP contribution in [0.5, 0.6) is 5.75 Å². The summed E-state index contributed by atoms with van der Waals surface area (Å²) in [6, 6.07) is 4.43. The Labute approximate surface area is 113 Å². The molecule has 0 aliphatic carbocycles. The van der Waals surface area contributed by atoms with Crippen molar-refractivity contribution in [2.75, 3.05) is 19.7 Å².